The smallest absolute Gasteiger partial charge is 0.256 e. The molecule has 2 unspecified atom stereocenters. The number of thiophene rings is 1. The number of hydrogen-bond donors (Lipinski definition) is 2. The normalized spacial score (nSPS) is 21.3. The fourth-order valence-corrected chi connectivity index (χ4v) is 5.79. The lowest BCUT2D eigenvalue weighted by atomic mass is 9.88. The first-order valence-corrected chi connectivity index (χ1v) is 10.3. The molecule has 2 heterocycles. The molecular formula is C19H21BrN2O3S. The molecule has 2 atom stereocenters. The van der Waals surface area contributed by atoms with Crippen LogP contribution in [-0.4, -0.2) is 20.1 Å². The summed E-state index contributed by atoms with van der Waals surface area (Å²) in [5.74, 6) is 1.95. The first-order valence-electron chi connectivity index (χ1n) is 8.65. The van der Waals surface area contributed by atoms with Gasteiger partial charge in [0.2, 0.25) is 0 Å². The molecule has 1 amide bonds. The number of anilines is 1. The summed E-state index contributed by atoms with van der Waals surface area (Å²) >= 11 is 5.25. The van der Waals surface area contributed by atoms with Gasteiger partial charge in [0.05, 0.1) is 24.3 Å². The number of nitrogens with one attached hydrogen (secondary N) is 2. The monoisotopic (exact) mass is 436 g/mol. The first kappa shape index (κ1) is 17.7. The lowest BCUT2D eigenvalue weighted by Crippen LogP contribution is -2.38. The molecule has 138 valence electrons. The molecule has 1 aromatic carbocycles. The van der Waals surface area contributed by atoms with Crippen molar-refractivity contribution in [3.63, 3.8) is 0 Å². The minimum absolute atomic E-state index is 0.00158. The van der Waals surface area contributed by atoms with Gasteiger partial charge in [0.1, 0.15) is 11.2 Å². The van der Waals surface area contributed by atoms with E-state index in [0.29, 0.717) is 17.4 Å². The fourth-order valence-electron chi connectivity index (χ4n) is 3.73. The average Bonchev–Trinajstić information content (AvgIpc) is 2.98. The van der Waals surface area contributed by atoms with Gasteiger partial charge in [0.15, 0.2) is 11.5 Å². The fraction of sp³-hybridized carbons (Fsp3) is 0.421. The largest absolute Gasteiger partial charge is 0.493 e. The average molecular weight is 437 g/mol. The molecule has 7 heteroatoms. The first-order chi connectivity index (χ1) is 12.5. The van der Waals surface area contributed by atoms with E-state index in [0.717, 1.165) is 39.9 Å². The Bertz CT molecular complexity index is 880. The number of hydrogen-bond acceptors (Lipinski definition) is 5. The number of ether oxygens (including phenoxy) is 2. The summed E-state index contributed by atoms with van der Waals surface area (Å²) in [5, 5.41) is 7.57. The molecule has 1 aromatic heterocycles. The number of carbonyl (C=O) groups excluding carboxylic acids is 1. The summed E-state index contributed by atoms with van der Waals surface area (Å²) in [4.78, 5) is 14.2. The molecule has 5 nitrogen and oxygen atoms in total. The molecular weight excluding hydrogens is 416 g/mol. The van der Waals surface area contributed by atoms with E-state index in [1.165, 1.54) is 10.4 Å². The molecule has 1 aliphatic carbocycles. The highest BCUT2D eigenvalue weighted by Crippen LogP contribution is 2.44. The molecule has 26 heavy (non-hydrogen) atoms. The minimum Gasteiger partial charge on any atom is -0.493 e. The van der Waals surface area contributed by atoms with E-state index < -0.39 is 0 Å². The predicted octanol–water partition coefficient (Wildman–Crippen LogP) is 4.51. The van der Waals surface area contributed by atoms with Crippen LogP contribution in [0.1, 0.15) is 45.9 Å². The van der Waals surface area contributed by atoms with Crippen molar-refractivity contribution in [3.8, 4) is 11.5 Å². The van der Waals surface area contributed by atoms with Gasteiger partial charge in [0, 0.05) is 4.88 Å². The summed E-state index contributed by atoms with van der Waals surface area (Å²) in [6.45, 7) is 2.28. The van der Waals surface area contributed by atoms with Crippen molar-refractivity contribution in [2.75, 3.05) is 19.5 Å². The van der Waals surface area contributed by atoms with Crippen molar-refractivity contribution < 1.29 is 14.3 Å². The van der Waals surface area contributed by atoms with E-state index in [1.54, 1.807) is 25.6 Å². The van der Waals surface area contributed by atoms with Crippen molar-refractivity contribution in [1.29, 1.82) is 0 Å². The number of fused-ring (bicyclic) bond motifs is 3. The van der Waals surface area contributed by atoms with Crippen LogP contribution >= 0.6 is 27.3 Å². The number of carbonyl (C=O) groups is 1. The van der Waals surface area contributed by atoms with Crippen LogP contribution in [0.3, 0.4) is 0 Å². The second-order valence-corrected chi connectivity index (χ2v) is 8.80. The second-order valence-electron chi connectivity index (χ2n) is 6.84. The van der Waals surface area contributed by atoms with Crippen LogP contribution in [0, 0.1) is 5.92 Å². The van der Waals surface area contributed by atoms with E-state index in [4.69, 9.17) is 9.47 Å². The highest BCUT2D eigenvalue weighted by molar-refractivity contribution is 9.10. The standard InChI is InChI=1S/C19H21BrN2O3S/c1-9-4-5-11-14(6-9)26-19-15(11)18(23)21-17(22-19)10-7-12(20)16(25-3)13(8-10)24-2/h7-9,17,22H,4-6H2,1-3H3,(H,21,23). The molecule has 0 saturated carbocycles. The van der Waals surface area contributed by atoms with E-state index in [-0.39, 0.29) is 12.1 Å². The van der Waals surface area contributed by atoms with Crippen LogP contribution in [0.15, 0.2) is 16.6 Å². The third-order valence-corrected chi connectivity index (χ3v) is 6.85. The predicted molar refractivity (Wildman–Crippen MR) is 107 cm³/mol. The number of methoxy groups -OCH3 is 2. The van der Waals surface area contributed by atoms with Crippen LogP contribution in [0.4, 0.5) is 5.00 Å². The summed E-state index contributed by atoms with van der Waals surface area (Å²) in [6.07, 6.45) is 2.90. The van der Waals surface area contributed by atoms with Gasteiger partial charge in [-0.05, 0) is 64.4 Å². The Hall–Kier alpha value is -1.73. The molecule has 0 radical (unpaired) electrons. The molecule has 4 rings (SSSR count). The lowest BCUT2D eigenvalue weighted by Gasteiger charge is -2.27. The third-order valence-electron chi connectivity index (χ3n) is 5.08. The number of halogens is 1. The van der Waals surface area contributed by atoms with Crippen LogP contribution in [0.25, 0.3) is 0 Å². The Morgan fingerprint density at radius 3 is 2.77 bits per heavy atom. The van der Waals surface area contributed by atoms with Crippen molar-refractivity contribution in [1.82, 2.24) is 5.32 Å². The molecule has 0 fully saturated rings. The Labute approximate surface area is 165 Å². The van der Waals surface area contributed by atoms with Crippen LogP contribution in [0.2, 0.25) is 0 Å². The minimum atomic E-state index is -0.302. The summed E-state index contributed by atoms with van der Waals surface area (Å²) in [6, 6.07) is 3.84. The zero-order valence-electron chi connectivity index (χ0n) is 14.9. The van der Waals surface area contributed by atoms with Crippen LogP contribution in [0.5, 0.6) is 11.5 Å². The summed E-state index contributed by atoms with van der Waals surface area (Å²) in [5.41, 5.74) is 2.99. The van der Waals surface area contributed by atoms with E-state index in [2.05, 4.69) is 33.5 Å². The summed E-state index contributed by atoms with van der Waals surface area (Å²) < 4.78 is 11.6. The molecule has 0 saturated heterocycles. The van der Waals surface area contributed by atoms with E-state index >= 15 is 0 Å². The van der Waals surface area contributed by atoms with Crippen molar-refractivity contribution in [2.45, 2.75) is 32.4 Å². The van der Waals surface area contributed by atoms with E-state index in [9.17, 15) is 4.79 Å². The zero-order valence-corrected chi connectivity index (χ0v) is 17.3. The highest BCUT2D eigenvalue weighted by atomic mass is 79.9. The zero-order chi connectivity index (χ0) is 18.4. The molecule has 2 N–H and O–H groups in total. The maximum absolute atomic E-state index is 12.8. The Balaban J connectivity index is 1.70. The quantitative estimate of drug-likeness (QED) is 0.742. The second kappa shape index (κ2) is 6.78. The maximum atomic E-state index is 12.8. The summed E-state index contributed by atoms with van der Waals surface area (Å²) in [7, 11) is 3.21. The highest BCUT2D eigenvalue weighted by Gasteiger charge is 2.33. The lowest BCUT2D eigenvalue weighted by molar-refractivity contribution is 0.0935. The number of amides is 1. The van der Waals surface area contributed by atoms with Gasteiger partial charge in [-0.15, -0.1) is 11.3 Å². The van der Waals surface area contributed by atoms with Gasteiger partial charge >= 0.3 is 0 Å². The van der Waals surface area contributed by atoms with Crippen LogP contribution in [-0.2, 0) is 12.8 Å². The Morgan fingerprint density at radius 1 is 1.23 bits per heavy atom. The van der Waals surface area contributed by atoms with Gasteiger partial charge in [-0.3, -0.25) is 4.79 Å². The molecule has 2 aliphatic rings. The molecule has 0 bridgehead atoms. The van der Waals surface area contributed by atoms with Crippen LogP contribution < -0.4 is 20.1 Å². The maximum Gasteiger partial charge on any atom is 0.256 e. The topological polar surface area (TPSA) is 59.6 Å². The van der Waals surface area contributed by atoms with Gasteiger partial charge in [-0.2, -0.15) is 0 Å². The number of rotatable bonds is 3. The van der Waals surface area contributed by atoms with Gasteiger partial charge in [0.25, 0.3) is 5.91 Å². The molecule has 1 aliphatic heterocycles. The van der Waals surface area contributed by atoms with Crippen molar-refractivity contribution in [2.24, 2.45) is 5.92 Å². The SMILES string of the molecule is COc1cc(C2NC(=O)c3c(sc4c3CCC(C)C4)N2)cc(Br)c1OC. The molecule has 2 aromatic rings. The Morgan fingerprint density at radius 2 is 2.04 bits per heavy atom. The van der Waals surface area contributed by atoms with Gasteiger partial charge < -0.3 is 20.1 Å². The van der Waals surface area contributed by atoms with Crippen molar-refractivity contribution >= 4 is 38.2 Å². The van der Waals surface area contributed by atoms with Crippen molar-refractivity contribution in [3.05, 3.63) is 38.2 Å². The van der Waals surface area contributed by atoms with Gasteiger partial charge in [-0.1, -0.05) is 6.92 Å². The number of benzene rings is 1. The third kappa shape index (κ3) is 2.87. The van der Waals surface area contributed by atoms with E-state index in [1.807, 2.05) is 12.1 Å². The Kier molecular flexibility index (Phi) is 4.61. The van der Waals surface area contributed by atoms with Gasteiger partial charge in [-0.25, -0.2) is 0 Å². The molecule has 0 spiro atoms.